The van der Waals surface area contributed by atoms with Crippen molar-refractivity contribution in [3.63, 3.8) is 0 Å². The highest BCUT2D eigenvalue weighted by Crippen LogP contribution is 2.40. The third kappa shape index (κ3) is 5.71. The SMILES string of the molecule is N[C@H](c1cn2nc(C[C@H]3C[C@@H](C(F)(F)F)CNC3=O)c(C3CCOCC3)nc2n1)C1CCC(F)(F)CC1. The molecule has 3 N–H and O–H groups in total. The number of nitrogens with zero attached hydrogens (tertiary/aromatic N) is 4. The fraction of sp³-hybridized carbons (Fsp3) is 0.750. The van der Waals surface area contributed by atoms with Crippen LogP contribution in [0.15, 0.2) is 6.20 Å². The number of hydrogen-bond donors (Lipinski definition) is 2. The zero-order valence-electron chi connectivity index (χ0n) is 20.3. The highest BCUT2D eigenvalue weighted by Gasteiger charge is 2.45. The Bertz CT molecular complexity index is 1120. The summed E-state index contributed by atoms with van der Waals surface area (Å²) in [5.74, 6) is -5.48. The van der Waals surface area contributed by atoms with E-state index in [1.54, 1.807) is 6.20 Å². The van der Waals surface area contributed by atoms with E-state index in [4.69, 9.17) is 15.5 Å². The van der Waals surface area contributed by atoms with Gasteiger partial charge in [-0.25, -0.2) is 23.3 Å². The summed E-state index contributed by atoms with van der Waals surface area (Å²) in [4.78, 5) is 21.8. The van der Waals surface area contributed by atoms with Crippen LogP contribution >= 0.6 is 0 Å². The van der Waals surface area contributed by atoms with Crippen LogP contribution in [0.4, 0.5) is 22.0 Å². The maximum atomic E-state index is 13.6. The number of fused-ring (bicyclic) bond motifs is 1. The van der Waals surface area contributed by atoms with E-state index in [1.807, 2.05) is 0 Å². The van der Waals surface area contributed by atoms with Gasteiger partial charge < -0.3 is 15.8 Å². The van der Waals surface area contributed by atoms with Crippen LogP contribution < -0.4 is 11.1 Å². The molecule has 0 aromatic carbocycles. The zero-order chi connectivity index (χ0) is 26.4. The Morgan fingerprint density at radius 3 is 2.54 bits per heavy atom. The number of alkyl halides is 5. The van der Waals surface area contributed by atoms with Gasteiger partial charge >= 0.3 is 6.18 Å². The minimum Gasteiger partial charge on any atom is -0.381 e. The van der Waals surface area contributed by atoms with Crippen molar-refractivity contribution in [3.05, 3.63) is 23.3 Å². The van der Waals surface area contributed by atoms with Crippen LogP contribution in [0.3, 0.4) is 0 Å². The number of piperidine rings is 1. The predicted molar refractivity (Wildman–Crippen MR) is 122 cm³/mol. The highest BCUT2D eigenvalue weighted by atomic mass is 19.4. The van der Waals surface area contributed by atoms with Gasteiger partial charge in [0.05, 0.1) is 35.2 Å². The largest absolute Gasteiger partial charge is 0.393 e. The number of carbonyl (C=O) groups is 1. The molecule has 0 unspecified atom stereocenters. The normalized spacial score (nSPS) is 26.8. The Labute approximate surface area is 210 Å². The van der Waals surface area contributed by atoms with E-state index in [1.165, 1.54) is 4.52 Å². The van der Waals surface area contributed by atoms with Crippen molar-refractivity contribution in [2.24, 2.45) is 23.5 Å². The zero-order valence-corrected chi connectivity index (χ0v) is 20.3. The third-order valence-electron chi connectivity index (χ3n) is 8.02. The van der Waals surface area contributed by atoms with Gasteiger partial charge in [0.25, 0.3) is 5.78 Å². The molecule has 1 amide bonds. The van der Waals surface area contributed by atoms with Gasteiger partial charge in [-0.3, -0.25) is 4.79 Å². The molecule has 2 aromatic rings. The number of hydrogen-bond acceptors (Lipinski definition) is 6. The van der Waals surface area contributed by atoms with Crippen molar-refractivity contribution < 1.29 is 31.5 Å². The lowest BCUT2D eigenvalue weighted by molar-refractivity contribution is -0.183. The number of ether oxygens (including phenoxy) is 1. The molecular weight excluding hydrogens is 499 g/mol. The van der Waals surface area contributed by atoms with Crippen LogP contribution in [0.5, 0.6) is 0 Å². The highest BCUT2D eigenvalue weighted by molar-refractivity contribution is 5.79. The molecule has 37 heavy (non-hydrogen) atoms. The van der Waals surface area contributed by atoms with Gasteiger partial charge in [0.2, 0.25) is 11.8 Å². The maximum absolute atomic E-state index is 13.6. The molecule has 5 rings (SSSR count). The number of rotatable bonds is 5. The van der Waals surface area contributed by atoms with Crippen LogP contribution in [0.2, 0.25) is 0 Å². The van der Waals surface area contributed by atoms with Crippen molar-refractivity contribution in [1.29, 1.82) is 0 Å². The van der Waals surface area contributed by atoms with Gasteiger partial charge in [-0.2, -0.15) is 18.3 Å². The van der Waals surface area contributed by atoms with Crippen molar-refractivity contribution in [2.75, 3.05) is 19.8 Å². The Kier molecular flexibility index (Phi) is 7.12. The molecule has 2 aliphatic heterocycles. The van der Waals surface area contributed by atoms with E-state index in [0.29, 0.717) is 56.0 Å². The summed E-state index contributed by atoms with van der Waals surface area (Å²) in [5.41, 5.74) is 7.96. The molecule has 2 aromatic heterocycles. The number of aromatic nitrogens is 4. The molecule has 0 radical (unpaired) electrons. The molecule has 1 aliphatic carbocycles. The molecule has 0 spiro atoms. The van der Waals surface area contributed by atoms with Crippen LogP contribution in [-0.2, 0) is 16.0 Å². The van der Waals surface area contributed by atoms with Gasteiger partial charge in [-0.1, -0.05) is 0 Å². The summed E-state index contributed by atoms with van der Waals surface area (Å²) < 4.78 is 74.2. The Balaban J connectivity index is 1.44. The summed E-state index contributed by atoms with van der Waals surface area (Å²) in [6, 6.07) is -0.564. The van der Waals surface area contributed by atoms with Crippen molar-refractivity contribution in [3.8, 4) is 0 Å². The van der Waals surface area contributed by atoms with Crippen LogP contribution in [-0.4, -0.2) is 57.3 Å². The van der Waals surface area contributed by atoms with E-state index < -0.39 is 42.4 Å². The molecular formula is C24H31F5N6O2. The quantitative estimate of drug-likeness (QED) is 0.571. The van der Waals surface area contributed by atoms with Crippen molar-refractivity contribution in [1.82, 2.24) is 24.9 Å². The molecule has 3 aliphatic rings. The first-order chi connectivity index (χ1) is 17.5. The summed E-state index contributed by atoms with van der Waals surface area (Å²) in [6.45, 7) is 0.619. The molecule has 13 heteroatoms. The summed E-state index contributed by atoms with van der Waals surface area (Å²) in [5, 5.41) is 7.04. The number of nitrogens with two attached hydrogens (primary N) is 1. The molecule has 204 valence electrons. The van der Waals surface area contributed by atoms with Crippen molar-refractivity contribution in [2.45, 2.75) is 75.4 Å². The number of imidazole rings is 1. The van der Waals surface area contributed by atoms with E-state index in [-0.39, 0.29) is 43.3 Å². The Morgan fingerprint density at radius 1 is 1.16 bits per heavy atom. The van der Waals surface area contributed by atoms with E-state index in [0.717, 1.165) is 0 Å². The fourth-order valence-corrected chi connectivity index (χ4v) is 5.71. The molecule has 4 heterocycles. The average Bonchev–Trinajstić information content (AvgIpc) is 3.27. The first kappa shape index (κ1) is 26.2. The number of halogens is 5. The lowest BCUT2D eigenvalue weighted by Crippen LogP contribution is -2.47. The molecule has 8 nitrogen and oxygen atoms in total. The van der Waals surface area contributed by atoms with Crippen molar-refractivity contribution >= 4 is 11.7 Å². The smallest absolute Gasteiger partial charge is 0.381 e. The first-order valence-corrected chi connectivity index (χ1v) is 12.8. The van der Waals surface area contributed by atoms with Crippen LogP contribution in [0.1, 0.15) is 74.0 Å². The van der Waals surface area contributed by atoms with E-state index in [9.17, 15) is 26.7 Å². The van der Waals surface area contributed by atoms with Gasteiger partial charge in [0.15, 0.2) is 0 Å². The topological polar surface area (TPSA) is 107 Å². The monoisotopic (exact) mass is 530 g/mol. The maximum Gasteiger partial charge on any atom is 0.393 e. The van der Waals surface area contributed by atoms with Gasteiger partial charge in [-0.05, 0) is 38.0 Å². The standard InChI is InChI=1S/C24H31F5N6O2/c25-23(26)5-1-13(2-6-23)19(30)18-12-35-22(32-18)33-20(14-3-7-37-8-4-14)17(34-35)10-15-9-16(24(27,28)29)11-31-21(15)36/h12-16,19H,1-11,30H2,(H,31,36)/t15-,16-,19+/m1/s1. The predicted octanol–water partition coefficient (Wildman–Crippen LogP) is 3.70. The van der Waals surface area contributed by atoms with Gasteiger partial charge in [-0.15, -0.1) is 0 Å². The first-order valence-electron chi connectivity index (χ1n) is 12.8. The third-order valence-corrected chi connectivity index (χ3v) is 8.02. The lowest BCUT2D eigenvalue weighted by atomic mass is 9.81. The summed E-state index contributed by atoms with van der Waals surface area (Å²) in [6.07, 6.45) is -1.59. The van der Waals surface area contributed by atoms with Crippen LogP contribution in [0, 0.1) is 17.8 Å². The Hall–Kier alpha value is -2.41. The molecule has 1 saturated carbocycles. The second-order valence-corrected chi connectivity index (χ2v) is 10.6. The number of carbonyl (C=O) groups excluding carboxylic acids is 1. The average molecular weight is 531 g/mol. The number of nitrogens with one attached hydrogen (secondary N) is 1. The molecule has 2 saturated heterocycles. The number of amides is 1. The lowest BCUT2D eigenvalue weighted by Gasteiger charge is -2.31. The summed E-state index contributed by atoms with van der Waals surface area (Å²) in [7, 11) is 0. The Morgan fingerprint density at radius 2 is 1.86 bits per heavy atom. The summed E-state index contributed by atoms with van der Waals surface area (Å²) >= 11 is 0. The van der Waals surface area contributed by atoms with Crippen LogP contribution in [0.25, 0.3) is 5.78 Å². The van der Waals surface area contributed by atoms with Gasteiger partial charge in [0, 0.05) is 50.9 Å². The second-order valence-electron chi connectivity index (χ2n) is 10.6. The molecule has 3 fully saturated rings. The minimum absolute atomic E-state index is 0.0192. The van der Waals surface area contributed by atoms with Gasteiger partial charge in [0.1, 0.15) is 0 Å². The van der Waals surface area contributed by atoms with E-state index in [2.05, 4.69) is 15.4 Å². The second kappa shape index (κ2) is 10.0. The van der Waals surface area contributed by atoms with E-state index >= 15 is 0 Å². The molecule has 3 atom stereocenters. The fourth-order valence-electron chi connectivity index (χ4n) is 5.71. The minimum atomic E-state index is -4.40. The molecule has 0 bridgehead atoms.